The van der Waals surface area contributed by atoms with Crippen molar-refractivity contribution in [2.45, 2.75) is 19.9 Å². The van der Waals surface area contributed by atoms with E-state index in [1.807, 2.05) is 23.6 Å². The molecule has 6 heteroatoms. The number of aromatic nitrogens is 2. The van der Waals surface area contributed by atoms with Crippen LogP contribution in [0.1, 0.15) is 17.0 Å². The van der Waals surface area contributed by atoms with Crippen LogP contribution in [0.15, 0.2) is 0 Å². The number of nitrogens with zero attached hydrogens (tertiary/aromatic N) is 3. The Labute approximate surface area is 107 Å². The summed E-state index contributed by atoms with van der Waals surface area (Å²) in [5.74, 6) is 0. The number of amides is 2. The average Bonchev–Trinajstić information content (AvgIpc) is 2.65. The zero-order valence-electron chi connectivity index (χ0n) is 11.2. The minimum Gasteiger partial charge on any atom is -0.383 e. The molecule has 0 fully saturated rings. The molecule has 0 atom stereocenters. The third-order valence-corrected chi connectivity index (χ3v) is 3.32. The third kappa shape index (κ3) is 2.48. The highest BCUT2D eigenvalue weighted by Gasteiger charge is 2.24. The number of hydrogen-bond donors (Lipinski definition) is 1. The molecule has 0 aliphatic carbocycles. The largest absolute Gasteiger partial charge is 0.383 e. The lowest BCUT2D eigenvalue weighted by molar-refractivity contribution is 0.175. The van der Waals surface area contributed by atoms with Gasteiger partial charge in [0.15, 0.2) is 0 Å². The lowest BCUT2D eigenvalue weighted by Gasteiger charge is -2.27. The Morgan fingerprint density at radius 1 is 1.56 bits per heavy atom. The Morgan fingerprint density at radius 3 is 3.06 bits per heavy atom. The highest BCUT2D eigenvalue weighted by atomic mass is 16.5. The molecule has 1 aromatic heterocycles. The summed E-state index contributed by atoms with van der Waals surface area (Å²) < 4.78 is 6.79. The van der Waals surface area contributed by atoms with Crippen LogP contribution in [0.3, 0.4) is 0 Å². The molecule has 18 heavy (non-hydrogen) atoms. The molecule has 1 aliphatic heterocycles. The fourth-order valence-electron chi connectivity index (χ4n) is 2.32. The minimum absolute atomic E-state index is 0.0310. The highest BCUT2D eigenvalue weighted by molar-refractivity contribution is 5.74. The molecule has 0 radical (unpaired) electrons. The van der Waals surface area contributed by atoms with E-state index in [0.717, 1.165) is 24.4 Å². The first-order chi connectivity index (χ1) is 8.63. The number of fused-ring (bicyclic) bond motifs is 1. The second kappa shape index (κ2) is 5.39. The number of nitrogens with one attached hydrogen (secondary N) is 1. The first kappa shape index (κ1) is 12.9. The summed E-state index contributed by atoms with van der Waals surface area (Å²) in [6.45, 7) is 4.48. The van der Waals surface area contributed by atoms with Gasteiger partial charge in [-0.1, -0.05) is 0 Å². The zero-order chi connectivity index (χ0) is 13.1. The molecule has 1 aromatic rings. The Morgan fingerprint density at radius 2 is 2.33 bits per heavy atom. The van der Waals surface area contributed by atoms with Gasteiger partial charge in [-0.15, -0.1) is 0 Å². The van der Waals surface area contributed by atoms with Gasteiger partial charge in [0.25, 0.3) is 0 Å². The van der Waals surface area contributed by atoms with Gasteiger partial charge in [0.05, 0.1) is 24.5 Å². The lowest BCUT2D eigenvalue weighted by Crippen LogP contribution is -2.44. The van der Waals surface area contributed by atoms with Gasteiger partial charge >= 0.3 is 6.03 Å². The van der Waals surface area contributed by atoms with Gasteiger partial charge in [-0.3, -0.25) is 4.68 Å². The standard InChI is InChI=1S/C12H20N4O2/c1-9-10-4-6-16(8-11(10)15(2)14-9)12(17)13-5-7-18-3/h4-8H2,1-3H3,(H,13,17). The monoisotopic (exact) mass is 252 g/mol. The molecule has 0 aromatic carbocycles. The molecular formula is C12H20N4O2. The van der Waals surface area contributed by atoms with E-state index in [9.17, 15) is 4.79 Å². The molecule has 1 N–H and O–H groups in total. The molecule has 6 nitrogen and oxygen atoms in total. The SMILES string of the molecule is COCCNC(=O)N1CCc2c(C)nn(C)c2C1. The fraction of sp³-hybridized carbons (Fsp3) is 0.667. The first-order valence-electron chi connectivity index (χ1n) is 6.16. The summed E-state index contributed by atoms with van der Waals surface area (Å²) >= 11 is 0. The molecular weight excluding hydrogens is 232 g/mol. The van der Waals surface area contributed by atoms with E-state index in [2.05, 4.69) is 10.4 Å². The normalized spacial score (nSPS) is 14.5. The van der Waals surface area contributed by atoms with Crippen LogP contribution in [-0.2, 0) is 24.8 Å². The van der Waals surface area contributed by atoms with Gasteiger partial charge in [-0.25, -0.2) is 4.79 Å². The third-order valence-electron chi connectivity index (χ3n) is 3.32. The second-order valence-corrected chi connectivity index (χ2v) is 4.53. The van der Waals surface area contributed by atoms with E-state index in [4.69, 9.17) is 4.74 Å². The summed E-state index contributed by atoms with van der Waals surface area (Å²) in [6, 6.07) is -0.0310. The summed E-state index contributed by atoms with van der Waals surface area (Å²) in [6.07, 6.45) is 0.882. The average molecular weight is 252 g/mol. The van der Waals surface area contributed by atoms with E-state index in [1.165, 1.54) is 5.56 Å². The number of carbonyl (C=O) groups excluding carboxylic acids is 1. The van der Waals surface area contributed by atoms with Gasteiger partial charge in [-0.2, -0.15) is 5.10 Å². The Hall–Kier alpha value is -1.56. The number of rotatable bonds is 3. The van der Waals surface area contributed by atoms with Gasteiger partial charge in [0.2, 0.25) is 0 Å². The number of aryl methyl sites for hydroxylation is 2. The van der Waals surface area contributed by atoms with Crippen molar-refractivity contribution in [1.29, 1.82) is 0 Å². The Balaban J connectivity index is 1.99. The Bertz CT molecular complexity index is 442. The van der Waals surface area contributed by atoms with E-state index in [1.54, 1.807) is 7.11 Å². The molecule has 2 amide bonds. The molecule has 0 spiro atoms. The number of methoxy groups -OCH3 is 1. The first-order valence-corrected chi connectivity index (χ1v) is 6.16. The van der Waals surface area contributed by atoms with Crippen LogP contribution < -0.4 is 5.32 Å². The number of urea groups is 1. The van der Waals surface area contributed by atoms with Crippen molar-refractivity contribution < 1.29 is 9.53 Å². The maximum absolute atomic E-state index is 11.9. The summed E-state index contributed by atoms with van der Waals surface area (Å²) in [4.78, 5) is 13.7. The van der Waals surface area contributed by atoms with Crippen molar-refractivity contribution in [3.05, 3.63) is 17.0 Å². The lowest BCUT2D eigenvalue weighted by atomic mass is 10.1. The van der Waals surface area contributed by atoms with Crippen LogP contribution in [0, 0.1) is 6.92 Å². The van der Waals surface area contributed by atoms with Gasteiger partial charge < -0.3 is 15.0 Å². The molecule has 0 unspecified atom stereocenters. The second-order valence-electron chi connectivity index (χ2n) is 4.53. The quantitative estimate of drug-likeness (QED) is 0.794. The van der Waals surface area contributed by atoms with Gasteiger partial charge in [0.1, 0.15) is 0 Å². The van der Waals surface area contributed by atoms with Crippen molar-refractivity contribution >= 4 is 6.03 Å². The minimum atomic E-state index is -0.0310. The summed E-state index contributed by atoms with van der Waals surface area (Å²) in [5.41, 5.74) is 3.51. The van der Waals surface area contributed by atoms with Crippen LogP contribution in [-0.4, -0.2) is 47.5 Å². The number of hydrogen-bond acceptors (Lipinski definition) is 3. The van der Waals surface area contributed by atoms with E-state index in [0.29, 0.717) is 19.7 Å². The number of carbonyl (C=O) groups is 1. The molecule has 2 heterocycles. The van der Waals surface area contributed by atoms with Crippen molar-refractivity contribution in [1.82, 2.24) is 20.0 Å². The van der Waals surface area contributed by atoms with Crippen LogP contribution >= 0.6 is 0 Å². The summed E-state index contributed by atoms with van der Waals surface area (Å²) in [5, 5.41) is 7.24. The molecule has 0 saturated carbocycles. The highest BCUT2D eigenvalue weighted by Crippen LogP contribution is 2.21. The zero-order valence-corrected chi connectivity index (χ0v) is 11.2. The van der Waals surface area contributed by atoms with Crippen LogP contribution in [0.5, 0.6) is 0 Å². The van der Waals surface area contributed by atoms with Crippen molar-refractivity contribution in [3.8, 4) is 0 Å². The smallest absolute Gasteiger partial charge is 0.317 e. The molecule has 0 saturated heterocycles. The molecule has 1 aliphatic rings. The van der Waals surface area contributed by atoms with E-state index < -0.39 is 0 Å². The van der Waals surface area contributed by atoms with Crippen molar-refractivity contribution in [3.63, 3.8) is 0 Å². The Kier molecular flexibility index (Phi) is 3.86. The van der Waals surface area contributed by atoms with Gasteiger partial charge in [-0.05, 0) is 18.9 Å². The fourth-order valence-corrected chi connectivity index (χ4v) is 2.32. The van der Waals surface area contributed by atoms with Crippen molar-refractivity contribution in [2.75, 3.05) is 26.8 Å². The van der Waals surface area contributed by atoms with Crippen LogP contribution in [0.4, 0.5) is 4.79 Å². The van der Waals surface area contributed by atoms with Crippen LogP contribution in [0.2, 0.25) is 0 Å². The summed E-state index contributed by atoms with van der Waals surface area (Å²) in [7, 11) is 3.55. The maximum atomic E-state index is 11.9. The molecule has 0 bridgehead atoms. The molecule has 2 rings (SSSR count). The number of ether oxygens (including phenoxy) is 1. The van der Waals surface area contributed by atoms with E-state index >= 15 is 0 Å². The maximum Gasteiger partial charge on any atom is 0.317 e. The van der Waals surface area contributed by atoms with E-state index in [-0.39, 0.29) is 6.03 Å². The predicted octanol–water partition coefficient (Wildman–Crippen LogP) is 0.443. The van der Waals surface area contributed by atoms with Crippen LogP contribution in [0.25, 0.3) is 0 Å². The molecule has 100 valence electrons. The van der Waals surface area contributed by atoms with Crippen molar-refractivity contribution in [2.24, 2.45) is 7.05 Å². The topological polar surface area (TPSA) is 59.4 Å². The predicted molar refractivity (Wildman–Crippen MR) is 67.3 cm³/mol. The van der Waals surface area contributed by atoms with Gasteiger partial charge in [0, 0.05) is 27.2 Å².